The van der Waals surface area contributed by atoms with E-state index in [-0.39, 0.29) is 23.4 Å². The predicted molar refractivity (Wildman–Crippen MR) is 69.3 cm³/mol. The van der Waals surface area contributed by atoms with E-state index in [2.05, 4.69) is 5.32 Å². The molecule has 0 unspecified atom stereocenters. The van der Waals surface area contributed by atoms with Crippen molar-refractivity contribution in [2.75, 3.05) is 0 Å². The molecule has 2 N–H and O–H groups in total. The van der Waals surface area contributed by atoms with Gasteiger partial charge in [0.1, 0.15) is 5.75 Å². The Morgan fingerprint density at radius 2 is 1.78 bits per heavy atom. The van der Waals surface area contributed by atoms with Crippen molar-refractivity contribution in [1.29, 1.82) is 0 Å². The average Bonchev–Trinajstić information content (AvgIpc) is 2.29. The van der Waals surface area contributed by atoms with Crippen LogP contribution in [-0.2, 0) is 16.0 Å². The molecule has 1 aromatic rings. The van der Waals surface area contributed by atoms with E-state index in [0.717, 1.165) is 5.56 Å². The number of phenolic OH excluding ortho intramolecular Hbond substituents is 1. The van der Waals surface area contributed by atoms with Gasteiger partial charge in [0, 0.05) is 12.8 Å². The Bertz CT molecular complexity index is 423. The lowest BCUT2D eigenvalue weighted by Crippen LogP contribution is -2.43. The van der Waals surface area contributed by atoms with Crippen LogP contribution in [0.3, 0.4) is 0 Å². The maximum absolute atomic E-state index is 12.0. The van der Waals surface area contributed by atoms with Gasteiger partial charge in [0.25, 0.3) is 0 Å². The number of phenols is 1. The fourth-order valence-corrected chi connectivity index (χ4v) is 1.74. The van der Waals surface area contributed by atoms with Crippen molar-refractivity contribution in [3.8, 4) is 5.75 Å². The summed E-state index contributed by atoms with van der Waals surface area (Å²) in [6, 6.07) is 6.13. The number of ketones is 1. The maximum Gasteiger partial charge on any atom is 0.217 e. The van der Waals surface area contributed by atoms with Crippen molar-refractivity contribution in [1.82, 2.24) is 5.32 Å². The fourth-order valence-electron chi connectivity index (χ4n) is 1.74. The molecule has 0 aliphatic rings. The average molecular weight is 249 g/mol. The van der Waals surface area contributed by atoms with Gasteiger partial charge < -0.3 is 10.4 Å². The summed E-state index contributed by atoms with van der Waals surface area (Å²) in [5.41, 5.74) is 0.903. The van der Waals surface area contributed by atoms with E-state index >= 15 is 0 Å². The second-order valence-corrected chi connectivity index (χ2v) is 4.68. The zero-order valence-corrected chi connectivity index (χ0v) is 10.9. The van der Waals surface area contributed by atoms with Crippen molar-refractivity contribution in [3.63, 3.8) is 0 Å². The van der Waals surface area contributed by atoms with Gasteiger partial charge in [-0.1, -0.05) is 26.0 Å². The van der Waals surface area contributed by atoms with E-state index < -0.39 is 6.04 Å². The van der Waals surface area contributed by atoms with Gasteiger partial charge in [0.05, 0.1) is 6.04 Å². The van der Waals surface area contributed by atoms with E-state index in [4.69, 9.17) is 0 Å². The van der Waals surface area contributed by atoms with Crippen LogP contribution in [0.1, 0.15) is 26.3 Å². The minimum atomic E-state index is -0.507. The molecule has 0 saturated carbocycles. The topological polar surface area (TPSA) is 66.4 Å². The number of Topliss-reactive ketones (excluding diaryl/α,β-unsaturated/α-hetero) is 1. The molecule has 0 spiro atoms. The summed E-state index contributed by atoms with van der Waals surface area (Å²) in [4.78, 5) is 23.1. The van der Waals surface area contributed by atoms with E-state index in [9.17, 15) is 14.7 Å². The first kappa shape index (κ1) is 14.2. The molecule has 0 bridgehead atoms. The molecular weight excluding hydrogens is 230 g/mol. The van der Waals surface area contributed by atoms with Gasteiger partial charge in [-0.3, -0.25) is 9.59 Å². The van der Waals surface area contributed by atoms with Crippen LogP contribution in [-0.4, -0.2) is 22.8 Å². The lowest BCUT2D eigenvalue weighted by Gasteiger charge is -2.18. The monoisotopic (exact) mass is 249 g/mol. The summed E-state index contributed by atoms with van der Waals surface area (Å²) in [5.74, 6) is -0.143. The van der Waals surface area contributed by atoms with Crippen LogP contribution in [0, 0.1) is 5.92 Å². The summed E-state index contributed by atoms with van der Waals surface area (Å²) in [7, 11) is 0. The van der Waals surface area contributed by atoms with Crippen LogP contribution in [0.15, 0.2) is 24.3 Å². The van der Waals surface area contributed by atoms with Crippen LogP contribution in [0.5, 0.6) is 5.75 Å². The molecule has 0 radical (unpaired) electrons. The molecule has 0 fully saturated rings. The van der Waals surface area contributed by atoms with E-state index in [0.29, 0.717) is 6.42 Å². The minimum Gasteiger partial charge on any atom is -0.508 e. The number of aromatic hydroxyl groups is 1. The van der Waals surface area contributed by atoms with E-state index in [1.54, 1.807) is 24.3 Å². The van der Waals surface area contributed by atoms with Crippen molar-refractivity contribution < 1.29 is 14.7 Å². The standard InChI is InChI=1S/C14H19NO3/c1-9(2)14(18)13(15-10(3)16)8-11-4-6-12(17)7-5-11/h4-7,9,13,17H,8H2,1-3H3,(H,15,16)/t13-/m0/s1. The highest BCUT2D eigenvalue weighted by atomic mass is 16.3. The Balaban J connectivity index is 2.81. The summed E-state index contributed by atoms with van der Waals surface area (Å²) in [6.07, 6.45) is 0.441. The normalized spacial score (nSPS) is 12.2. The lowest BCUT2D eigenvalue weighted by atomic mass is 9.95. The molecule has 0 saturated heterocycles. The van der Waals surface area contributed by atoms with Gasteiger partial charge in [-0.05, 0) is 24.1 Å². The van der Waals surface area contributed by atoms with Crippen molar-refractivity contribution in [2.45, 2.75) is 33.2 Å². The number of hydrogen-bond acceptors (Lipinski definition) is 3. The second kappa shape index (κ2) is 6.19. The maximum atomic E-state index is 12.0. The Kier molecular flexibility index (Phi) is 4.89. The highest BCUT2D eigenvalue weighted by molar-refractivity contribution is 5.89. The summed E-state index contributed by atoms with van der Waals surface area (Å²) in [5, 5.41) is 11.9. The number of hydrogen-bond donors (Lipinski definition) is 2. The Hall–Kier alpha value is -1.84. The molecular formula is C14H19NO3. The molecule has 0 aliphatic carbocycles. The van der Waals surface area contributed by atoms with Gasteiger partial charge in [0.15, 0.2) is 5.78 Å². The molecule has 1 rings (SSSR count). The number of benzene rings is 1. The Morgan fingerprint density at radius 3 is 2.22 bits per heavy atom. The largest absolute Gasteiger partial charge is 0.508 e. The molecule has 4 nitrogen and oxygen atoms in total. The van der Waals surface area contributed by atoms with Gasteiger partial charge in [-0.25, -0.2) is 0 Å². The summed E-state index contributed by atoms with van der Waals surface area (Å²) < 4.78 is 0. The van der Waals surface area contributed by atoms with Crippen LogP contribution < -0.4 is 5.32 Å². The van der Waals surface area contributed by atoms with Crippen molar-refractivity contribution in [2.24, 2.45) is 5.92 Å². The van der Waals surface area contributed by atoms with E-state index in [1.165, 1.54) is 6.92 Å². The number of nitrogens with one attached hydrogen (secondary N) is 1. The van der Waals surface area contributed by atoms with Gasteiger partial charge in [-0.15, -0.1) is 0 Å². The molecule has 1 atom stereocenters. The van der Waals surface area contributed by atoms with Crippen molar-refractivity contribution in [3.05, 3.63) is 29.8 Å². The van der Waals surface area contributed by atoms with E-state index in [1.807, 2.05) is 13.8 Å². The van der Waals surface area contributed by atoms with Crippen LogP contribution >= 0.6 is 0 Å². The smallest absolute Gasteiger partial charge is 0.217 e. The molecule has 1 aromatic carbocycles. The third-order valence-corrected chi connectivity index (χ3v) is 2.67. The first-order valence-corrected chi connectivity index (χ1v) is 5.99. The molecule has 98 valence electrons. The van der Waals surface area contributed by atoms with Gasteiger partial charge in [-0.2, -0.15) is 0 Å². The molecule has 1 amide bonds. The SMILES string of the molecule is CC(=O)N[C@@H](Cc1ccc(O)cc1)C(=O)C(C)C. The van der Waals surface area contributed by atoms with Crippen molar-refractivity contribution >= 4 is 11.7 Å². The zero-order valence-electron chi connectivity index (χ0n) is 10.9. The quantitative estimate of drug-likeness (QED) is 0.834. The zero-order chi connectivity index (χ0) is 13.7. The highest BCUT2D eigenvalue weighted by Crippen LogP contribution is 2.13. The van der Waals surface area contributed by atoms with Crippen LogP contribution in [0.2, 0.25) is 0 Å². The second-order valence-electron chi connectivity index (χ2n) is 4.68. The summed E-state index contributed by atoms with van der Waals surface area (Å²) >= 11 is 0. The third-order valence-electron chi connectivity index (χ3n) is 2.67. The molecule has 0 aliphatic heterocycles. The number of carbonyl (C=O) groups is 2. The predicted octanol–water partition coefficient (Wildman–Crippen LogP) is 1.66. The number of carbonyl (C=O) groups excluding carboxylic acids is 2. The molecule has 18 heavy (non-hydrogen) atoms. The first-order chi connectivity index (χ1) is 8.40. The minimum absolute atomic E-state index is 0.0123. The Morgan fingerprint density at radius 1 is 1.22 bits per heavy atom. The number of amides is 1. The molecule has 0 aromatic heterocycles. The third kappa shape index (κ3) is 4.20. The first-order valence-electron chi connectivity index (χ1n) is 5.99. The number of rotatable bonds is 5. The highest BCUT2D eigenvalue weighted by Gasteiger charge is 2.22. The van der Waals surface area contributed by atoms with Gasteiger partial charge in [0.2, 0.25) is 5.91 Å². The Labute approximate surface area is 107 Å². The van der Waals surface area contributed by atoms with Crippen LogP contribution in [0.4, 0.5) is 0 Å². The molecule has 0 heterocycles. The van der Waals surface area contributed by atoms with Crippen LogP contribution in [0.25, 0.3) is 0 Å². The fraction of sp³-hybridized carbons (Fsp3) is 0.429. The lowest BCUT2D eigenvalue weighted by molar-refractivity contribution is -0.128. The molecule has 4 heteroatoms. The van der Waals surface area contributed by atoms with Gasteiger partial charge >= 0.3 is 0 Å². The summed E-state index contributed by atoms with van der Waals surface area (Å²) in [6.45, 7) is 5.03.